The number of piperazine rings is 1. The highest BCUT2D eigenvalue weighted by atomic mass is 35.5. The van der Waals surface area contributed by atoms with E-state index in [0.717, 1.165) is 38.7 Å². The molecule has 0 amide bonds. The molecule has 0 aliphatic carbocycles. The van der Waals surface area contributed by atoms with Crippen LogP contribution < -0.4 is 5.32 Å². The van der Waals surface area contributed by atoms with Gasteiger partial charge in [0.1, 0.15) is 10.7 Å². The van der Waals surface area contributed by atoms with E-state index in [0.29, 0.717) is 13.1 Å². The Morgan fingerprint density at radius 2 is 1.95 bits per heavy atom. The maximum atomic E-state index is 13.9. The first-order valence-corrected chi connectivity index (χ1v) is 9.20. The van der Waals surface area contributed by atoms with Gasteiger partial charge in [0.25, 0.3) is 0 Å². The molecular formula is C14H19ClFN3O2S. The minimum atomic E-state index is -3.80. The molecule has 1 aromatic carbocycles. The van der Waals surface area contributed by atoms with E-state index < -0.39 is 15.8 Å². The number of hydrogen-bond donors (Lipinski definition) is 1. The Morgan fingerprint density at radius 1 is 1.23 bits per heavy atom. The molecule has 0 spiro atoms. The van der Waals surface area contributed by atoms with Crippen LogP contribution in [0.2, 0.25) is 5.02 Å². The van der Waals surface area contributed by atoms with Crippen molar-refractivity contribution in [1.29, 1.82) is 0 Å². The largest absolute Gasteiger partial charge is 0.314 e. The SMILES string of the molecule is O=S(=O)(c1ccc(Cl)cc1F)N1CCC(N2CCNCC2)C1. The van der Waals surface area contributed by atoms with Crippen molar-refractivity contribution in [3.05, 3.63) is 29.0 Å². The molecule has 3 rings (SSSR count). The molecule has 22 heavy (non-hydrogen) atoms. The summed E-state index contributed by atoms with van der Waals surface area (Å²) in [6, 6.07) is 3.90. The van der Waals surface area contributed by atoms with E-state index in [2.05, 4.69) is 10.2 Å². The van der Waals surface area contributed by atoms with Gasteiger partial charge in [-0.3, -0.25) is 4.90 Å². The third kappa shape index (κ3) is 3.14. The number of nitrogens with zero attached hydrogens (tertiary/aromatic N) is 2. The Balaban J connectivity index is 1.76. The standard InChI is InChI=1S/C14H19ClFN3O2S/c15-11-1-2-14(13(16)9-11)22(20,21)19-6-3-12(10-19)18-7-4-17-5-8-18/h1-2,9,12,17H,3-8,10H2. The molecule has 0 saturated carbocycles. The number of benzene rings is 1. The van der Waals surface area contributed by atoms with E-state index in [9.17, 15) is 12.8 Å². The van der Waals surface area contributed by atoms with Crippen LogP contribution in [0.3, 0.4) is 0 Å². The van der Waals surface area contributed by atoms with Crippen LogP contribution in [-0.4, -0.2) is 62.9 Å². The van der Waals surface area contributed by atoms with Crippen LogP contribution in [0.1, 0.15) is 6.42 Å². The Kier molecular flexibility index (Phi) is 4.70. The summed E-state index contributed by atoms with van der Waals surface area (Å²) in [7, 11) is -3.80. The lowest BCUT2D eigenvalue weighted by atomic mass is 10.2. The number of nitrogens with one attached hydrogen (secondary N) is 1. The van der Waals surface area contributed by atoms with Crippen molar-refractivity contribution >= 4 is 21.6 Å². The summed E-state index contributed by atoms with van der Waals surface area (Å²) in [6.07, 6.45) is 0.786. The minimum absolute atomic E-state index is 0.191. The normalized spacial score (nSPS) is 24.7. The van der Waals surface area contributed by atoms with Crippen LogP contribution in [0, 0.1) is 5.82 Å². The average Bonchev–Trinajstić information content (AvgIpc) is 2.98. The lowest BCUT2D eigenvalue weighted by Gasteiger charge is -2.32. The molecule has 5 nitrogen and oxygen atoms in total. The molecule has 0 aromatic heterocycles. The number of rotatable bonds is 3. The lowest BCUT2D eigenvalue weighted by molar-refractivity contribution is 0.179. The van der Waals surface area contributed by atoms with E-state index in [-0.39, 0.29) is 16.0 Å². The quantitative estimate of drug-likeness (QED) is 0.891. The zero-order valence-electron chi connectivity index (χ0n) is 12.1. The lowest BCUT2D eigenvalue weighted by Crippen LogP contribution is -2.49. The monoisotopic (exact) mass is 347 g/mol. The average molecular weight is 348 g/mol. The molecule has 1 unspecified atom stereocenters. The Bertz CT molecular complexity index is 649. The molecule has 2 heterocycles. The first kappa shape index (κ1) is 16.1. The van der Waals surface area contributed by atoms with Crippen LogP contribution in [0.5, 0.6) is 0 Å². The molecule has 0 bridgehead atoms. The molecule has 0 radical (unpaired) electrons. The Morgan fingerprint density at radius 3 is 2.64 bits per heavy atom. The summed E-state index contributed by atoms with van der Waals surface area (Å²) < 4.78 is 40.5. The summed E-state index contributed by atoms with van der Waals surface area (Å²) >= 11 is 5.69. The van der Waals surface area contributed by atoms with Gasteiger partial charge in [-0.25, -0.2) is 12.8 Å². The third-order valence-electron chi connectivity index (χ3n) is 4.31. The van der Waals surface area contributed by atoms with Crippen molar-refractivity contribution < 1.29 is 12.8 Å². The first-order valence-electron chi connectivity index (χ1n) is 7.38. The second-order valence-corrected chi connectivity index (χ2v) is 8.01. The first-order chi connectivity index (χ1) is 10.5. The van der Waals surface area contributed by atoms with E-state index in [1.165, 1.54) is 16.4 Å². The second kappa shape index (κ2) is 6.41. The van der Waals surface area contributed by atoms with Crippen molar-refractivity contribution in [1.82, 2.24) is 14.5 Å². The summed E-state index contributed by atoms with van der Waals surface area (Å²) in [5.41, 5.74) is 0. The number of hydrogen-bond acceptors (Lipinski definition) is 4. The van der Waals surface area contributed by atoms with Crippen LogP contribution in [0.4, 0.5) is 4.39 Å². The summed E-state index contributed by atoms with van der Waals surface area (Å²) in [6.45, 7) is 4.55. The van der Waals surface area contributed by atoms with Gasteiger partial charge < -0.3 is 5.32 Å². The van der Waals surface area contributed by atoms with E-state index in [4.69, 9.17) is 11.6 Å². The summed E-state index contributed by atoms with van der Waals surface area (Å²) in [5, 5.41) is 3.47. The molecule has 122 valence electrons. The van der Waals surface area contributed by atoms with Crippen molar-refractivity contribution in [2.24, 2.45) is 0 Å². The fourth-order valence-electron chi connectivity index (χ4n) is 3.10. The maximum Gasteiger partial charge on any atom is 0.246 e. The zero-order valence-corrected chi connectivity index (χ0v) is 13.7. The fourth-order valence-corrected chi connectivity index (χ4v) is 4.79. The molecule has 1 aromatic rings. The highest BCUT2D eigenvalue weighted by molar-refractivity contribution is 7.89. The molecule has 8 heteroatoms. The fraction of sp³-hybridized carbons (Fsp3) is 0.571. The molecule has 1 atom stereocenters. The smallest absolute Gasteiger partial charge is 0.246 e. The van der Waals surface area contributed by atoms with Gasteiger partial charge in [0.05, 0.1) is 0 Å². The van der Waals surface area contributed by atoms with Gasteiger partial charge in [-0.15, -0.1) is 0 Å². The minimum Gasteiger partial charge on any atom is -0.314 e. The maximum absolute atomic E-state index is 13.9. The van der Waals surface area contributed by atoms with E-state index in [1.807, 2.05) is 0 Å². The van der Waals surface area contributed by atoms with Crippen LogP contribution >= 0.6 is 11.6 Å². The number of sulfonamides is 1. The summed E-state index contributed by atoms with van der Waals surface area (Å²) in [5.74, 6) is -0.793. The molecule has 2 saturated heterocycles. The van der Waals surface area contributed by atoms with Gasteiger partial charge in [0, 0.05) is 50.3 Å². The molecule has 2 fully saturated rings. The van der Waals surface area contributed by atoms with Gasteiger partial charge in [0.15, 0.2) is 0 Å². The van der Waals surface area contributed by atoms with Gasteiger partial charge in [-0.1, -0.05) is 11.6 Å². The van der Waals surface area contributed by atoms with Crippen LogP contribution in [0.25, 0.3) is 0 Å². The van der Waals surface area contributed by atoms with Crippen LogP contribution in [-0.2, 0) is 10.0 Å². The van der Waals surface area contributed by atoms with Gasteiger partial charge >= 0.3 is 0 Å². The van der Waals surface area contributed by atoms with Gasteiger partial charge in [-0.2, -0.15) is 4.31 Å². The van der Waals surface area contributed by atoms with Crippen LogP contribution in [0.15, 0.2) is 23.1 Å². The number of halogens is 2. The Labute approximate surface area is 135 Å². The predicted molar refractivity (Wildman–Crippen MR) is 83.0 cm³/mol. The highest BCUT2D eigenvalue weighted by Gasteiger charge is 2.36. The van der Waals surface area contributed by atoms with E-state index >= 15 is 0 Å². The topological polar surface area (TPSA) is 52.7 Å². The summed E-state index contributed by atoms with van der Waals surface area (Å²) in [4.78, 5) is 2.02. The van der Waals surface area contributed by atoms with Gasteiger partial charge in [-0.05, 0) is 24.6 Å². The zero-order chi connectivity index (χ0) is 15.7. The molecule has 2 aliphatic rings. The van der Waals surface area contributed by atoms with Crippen molar-refractivity contribution in [2.75, 3.05) is 39.3 Å². The molecular weight excluding hydrogens is 329 g/mol. The Hall–Kier alpha value is -0.730. The van der Waals surface area contributed by atoms with Crippen molar-refractivity contribution in [3.63, 3.8) is 0 Å². The predicted octanol–water partition coefficient (Wildman–Crippen LogP) is 1.15. The molecule has 2 aliphatic heterocycles. The second-order valence-electron chi connectivity index (χ2n) is 5.67. The third-order valence-corrected chi connectivity index (χ3v) is 6.44. The van der Waals surface area contributed by atoms with E-state index in [1.54, 1.807) is 0 Å². The van der Waals surface area contributed by atoms with Crippen molar-refractivity contribution in [2.45, 2.75) is 17.4 Å². The highest BCUT2D eigenvalue weighted by Crippen LogP contribution is 2.26. The van der Waals surface area contributed by atoms with Crippen molar-refractivity contribution in [3.8, 4) is 0 Å². The van der Waals surface area contributed by atoms with Gasteiger partial charge in [0.2, 0.25) is 10.0 Å². The molecule has 1 N–H and O–H groups in total.